The van der Waals surface area contributed by atoms with E-state index >= 15 is 0 Å². The number of ether oxygens (including phenoxy) is 1. The maximum Gasteiger partial charge on any atom is 0.194 e. The summed E-state index contributed by atoms with van der Waals surface area (Å²) in [6.45, 7) is 11.6. The second-order valence-corrected chi connectivity index (χ2v) is 8.41. The highest BCUT2D eigenvalue weighted by atomic mass is 127. The summed E-state index contributed by atoms with van der Waals surface area (Å²) in [6, 6.07) is 7.44. The first-order valence-corrected chi connectivity index (χ1v) is 10.2. The summed E-state index contributed by atoms with van der Waals surface area (Å²) in [6.07, 6.45) is 1.50. The van der Waals surface area contributed by atoms with E-state index in [1.54, 1.807) is 6.07 Å². The molecule has 2 aliphatic heterocycles. The SMILES string of the molecule is CCN=C(NC1C2CCOC2C1(C)C)N1CCN(c2ccccc2F)CC1.I. The number of guanidine groups is 1. The van der Waals surface area contributed by atoms with Gasteiger partial charge in [0, 0.05) is 56.7 Å². The van der Waals surface area contributed by atoms with Crippen LogP contribution >= 0.6 is 24.0 Å². The van der Waals surface area contributed by atoms with Gasteiger partial charge >= 0.3 is 0 Å². The molecule has 0 spiro atoms. The van der Waals surface area contributed by atoms with Gasteiger partial charge in [-0.25, -0.2) is 4.39 Å². The molecule has 7 heteroatoms. The number of hydrogen-bond donors (Lipinski definition) is 1. The first-order valence-electron chi connectivity index (χ1n) is 10.2. The summed E-state index contributed by atoms with van der Waals surface area (Å²) in [5.74, 6) is 1.44. The summed E-state index contributed by atoms with van der Waals surface area (Å²) in [5, 5.41) is 3.76. The van der Waals surface area contributed by atoms with Crippen LogP contribution in [0.3, 0.4) is 0 Å². The van der Waals surface area contributed by atoms with E-state index in [9.17, 15) is 4.39 Å². The molecule has 2 heterocycles. The largest absolute Gasteiger partial charge is 0.377 e. The molecule has 0 bridgehead atoms. The highest BCUT2D eigenvalue weighted by Crippen LogP contribution is 2.52. The van der Waals surface area contributed by atoms with E-state index in [0.29, 0.717) is 23.8 Å². The summed E-state index contributed by atoms with van der Waals surface area (Å²) in [7, 11) is 0. The van der Waals surface area contributed by atoms with Crippen molar-refractivity contribution in [3.05, 3.63) is 30.1 Å². The molecule has 0 aromatic heterocycles. The molecule has 5 nitrogen and oxygen atoms in total. The van der Waals surface area contributed by atoms with Gasteiger partial charge < -0.3 is 19.9 Å². The fourth-order valence-corrected chi connectivity index (χ4v) is 5.01. The van der Waals surface area contributed by atoms with Gasteiger partial charge in [-0.2, -0.15) is 0 Å². The van der Waals surface area contributed by atoms with E-state index in [2.05, 4.69) is 35.9 Å². The number of benzene rings is 1. The Kier molecular flexibility index (Phi) is 6.74. The van der Waals surface area contributed by atoms with E-state index in [1.165, 1.54) is 6.07 Å². The standard InChI is InChI=1S/C21H31FN4O.HI/c1-4-23-20(24-18-15-9-14-27-19(15)21(18,2)3)26-12-10-25(11-13-26)17-8-6-5-7-16(17)22;/h5-8,15,18-19H,4,9-14H2,1-3H3,(H,23,24);1H. The Balaban J connectivity index is 0.00000225. The zero-order valence-corrected chi connectivity index (χ0v) is 19.4. The van der Waals surface area contributed by atoms with Crippen LogP contribution in [-0.4, -0.2) is 62.3 Å². The topological polar surface area (TPSA) is 40.1 Å². The Labute approximate surface area is 184 Å². The van der Waals surface area contributed by atoms with Gasteiger partial charge in [0.05, 0.1) is 11.8 Å². The monoisotopic (exact) mass is 502 g/mol. The lowest BCUT2D eigenvalue weighted by molar-refractivity contribution is -0.107. The number of aliphatic imine (C=N–C) groups is 1. The summed E-state index contributed by atoms with van der Waals surface area (Å²) < 4.78 is 20.0. The van der Waals surface area contributed by atoms with E-state index in [4.69, 9.17) is 9.73 Å². The lowest BCUT2D eigenvalue weighted by atomic mass is 9.57. The van der Waals surface area contributed by atoms with Crippen LogP contribution in [0.4, 0.5) is 10.1 Å². The number of fused-ring (bicyclic) bond motifs is 1. The van der Waals surface area contributed by atoms with Crippen molar-refractivity contribution in [2.45, 2.75) is 39.3 Å². The molecule has 28 heavy (non-hydrogen) atoms. The molecule has 0 radical (unpaired) electrons. The maximum absolute atomic E-state index is 14.1. The van der Waals surface area contributed by atoms with Crippen LogP contribution in [0, 0.1) is 17.2 Å². The van der Waals surface area contributed by atoms with E-state index in [0.717, 1.165) is 51.7 Å². The first-order chi connectivity index (χ1) is 13.0. The predicted molar refractivity (Wildman–Crippen MR) is 122 cm³/mol. The minimum atomic E-state index is -0.144. The first kappa shape index (κ1) is 21.6. The maximum atomic E-state index is 14.1. The van der Waals surface area contributed by atoms with Crippen molar-refractivity contribution < 1.29 is 9.13 Å². The number of rotatable bonds is 3. The number of piperazine rings is 1. The average Bonchev–Trinajstić information content (AvgIpc) is 3.13. The molecule has 3 unspecified atom stereocenters. The van der Waals surface area contributed by atoms with Gasteiger partial charge in [0.15, 0.2) is 5.96 Å². The molecule has 2 saturated heterocycles. The fraction of sp³-hybridized carbons (Fsp3) is 0.667. The second-order valence-electron chi connectivity index (χ2n) is 8.41. The van der Waals surface area contributed by atoms with Crippen molar-refractivity contribution in [2.75, 3.05) is 44.2 Å². The molecule has 1 aliphatic carbocycles. The zero-order chi connectivity index (χ0) is 19.0. The molecule has 1 N–H and O–H groups in total. The smallest absolute Gasteiger partial charge is 0.194 e. The van der Waals surface area contributed by atoms with Crippen LogP contribution in [0.25, 0.3) is 0 Å². The van der Waals surface area contributed by atoms with Gasteiger partial charge in [0.2, 0.25) is 0 Å². The minimum absolute atomic E-state index is 0. The lowest BCUT2D eigenvalue weighted by Crippen LogP contribution is -2.68. The van der Waals surface area contributed by atoms with Crippen molar-refractivity contribution in [2.24, 2.45) is 16.3 Å². The molecule has 0 amide bonds. The molecule has 1 aromatic rings. The third-order valence-corrected chi connectivity index (χ3v) is 6.47. The van der Waals surface area contributed by atoms with E-state index < -0.39 is 0 Å². The van der Waals surface area contributed by atoms with Gasteiger partial charge in [0.1, 0.15) is 5.82 Å². The highest BCUT2D eigenvalue weighted by molar-refractivity contribution is 14.0. The van der Waals surface area contributed by atoms with Gasteiger partial charge in [-0.05, 0) is 25.5 Å². The van der Waals surface area contributed by atoms with Gasteiger partial charge in [0.25, 0.3) is 0 Å². The number of para-hydroxylation sites is 1. The number of nitrogens with one attached hydrogen (secondary N) is 1. The Hall–Kier alpha value is -1.09. The number of hydrogen-bond acceptors (Lipinski definition) is 3. The molecule has 3 fully saturated rings. The second kappa shape index (κ2) is 8.73. The van der Waals surface area contributed by atoms with Crippen LogP contribution in [0.1, 0.15) is 27.2 Å². The Morgan fingerprint density at radius 3 is 2.64 bits per heavy atom. The summed E-state index contributed by atoms with van der Waals surface area (Å²) in [5.41, 5.74) is 0.829. The normalized spacial score (nSPS) is 29.0. The third kappa shape index (κ3) is 3.84. The highest BCUT2D eigenvalue weighted by Gasteiger charge is 2.59. The minimum Gasteiger partial charge on any atom is -0.377 e. The van der Waals surface area contributed by atoms with Crippen LogP contribution < -0.4 is 10.2 Å². The van der Waals surface area contributed by atoms with Crippen LogP contribution in [0.5, 0.6) is 0 Å². The molecular weight excluding hydrogens is 470 g/mol. The molecular formula is C21H32FIN4O. The molecule has 1 aromatic carbocycles. The van der Waals surface area contributed by atoms with E-state index in [1.807, 2.05) is 12.1 Å². The van der Waals surface area contributed by atoms with Gasteiger partial charge in [-0.1, -0.05) is 26.0 Å². The summed E-state index contributed by atoms with van der Waals surface area (Å²) in [4.78, 5) is 9.21. The van der Waals surface area contributed by atoms with Crippen molar-refractivity contribution in [3.63, 3.8) is 0 Å². The van der Waals surface area contributed by atoms with Crippen LogP contribution in [0.15, 0.2) is 29.3 Å². The fourth-order valence-electron chi connectivity index (χ4n) is 5.01. The van der Waals surface area contributed by atoms with Crippen molar-refractivity contribution in [1.82, 2.24) is 10.2 Å². The lowest BCUT2D eigenvalue weighted by Gasteiger charge is -2.55. The Morgan fingerprint density at radius 1 is 1.25 bits per heavy atom. The molecule has 1 saturated carbocycles. The van der Waals surface area contributed by atoms with Crippen LogP contribution in [0.2, 0.25) is 0 Å². The summed E-state index contributed by atoms with van der Waals surface area (Å²) >= 11 is 0. The quantitative estimate of drug-likeness (QED) is 0.391. The number of halogens is 2. The average molecular weight is 502 g/mol. The Morgan fingerprint density at radius 2 is 1.96 bits per heavy atom. The van der Waals surface area contributed by atoms with Gasteiger partial charge in [-0.3, -0.25) is 4.99 Å². The van der Waals surface area contributed by atoms with Gasteiger partial charge in [-0.15, -0.1) is 24.0 Å². The van der Waals surface area contributed by atoms with Crippen molar-refractivity contribution >= 4 is 35.6 Å². The van der Waals surface area contributed by atoms with Crippen molar-refractivity contribution in [3.8, 4) is 0 Å². The van der Waals surface area contributed by atoms with Crippen molar-refractivity contribution in [1.29, 1.82) is 0 Å². The Bertz CT molecular complexity index is 705. The molecule has 3 aliphatic rings. The third-order valence-electron chi connectivity index (χ3n) is 6.47. The van der Waals surface area contributed by atoms with E-state index in [-0.39, 0.29) is 35.2 Å². The predicted octanol–water partition coefficient (Wildman–Crippen LogP) is 3.34. The molecule has 4 rings (SSSR count). The molecule has 3 atom stereocenters. The number of nitrogens with zero attached hydrogens (tertiary/aromatic N) is 3. The zero-order valence-electron chi connectivity index (χ0n) is 17.0. The van der Waals surface area contributed by atoms with Crippen LogP contribution in [-0.2, 0) is 4.74 Å². The number of anilines is 1. The molecule has 156 valence electrons.